The smallest absolute Gasteiger partial charge is 0.138 e. The third-order valence-corrected chi connectivity index (χ3v) is 3.43. The number of hydrogen-bond acceptors (Lipinski definition) is 3. The van der Waals surface area contributed by atoms with Crippen LogP contribution in [-0.2, 0) is 12.8 Å². The Morgan fingerprint density at radius 3 is 2.85 bits per heavy atom. The molecule has 0 aliphatic carbocycles. The van der Waals surface area contributed by atoms with Gasteiger partial charge in [-0.05, 0) is 55.2 Å². The maximum Gasteiger partial charge on any atom is 0.138 e. The number of aromatic nitrogens is 2. The van der Waals surface area contributed by atoms with Crippen LogP contribution in [0.5, 0.6) is 5.75 Å². The monoisotopic (exact) mass is 267 g/mol. The standard InChI is InChI=1S/C16H17N3O/c1-11-6-7-19-10-13(18-16(19)8-11)4-2-12-3-5-15(20)14(17)9-12/h3,5-10,20H,2,4,17H2,1H3. The molecule has 3 rings (SSSR count). The number of pyridine rings is 1. The molecule has 3 N–H and O–H groups in total. The molecule has 0 bridgehead atoms. The number of benzene rings is 1. The molecule has 0 amide bonds. The molecule has 0 aliphatic heterocycles. The fourth-order valence-corrected chi connectivity index (χ4v) is 2.29. The Morgan fingerprint density at radius 2 is 2.05 bits per heavy atom. The Morgan fingerprint density at radius 1 is 1.20 bits per heavy atom. The second kappa shape index (κ2) is 4.89. The van der Waals surface area contributed by atoms with Crippen LogP contribution in [0.25, 0.3) is 5.65 Å². The van der Waals surface area contributed by atoms with Crippen LogP contribution in [0.1, 0.15) is 16.8 Å². The molecule has 0 atom stereocenters. The van der Waals surface area contributed by atoms with Gasteiger partial charge in [-0.1, -0.05) is 6.07 Å². The Bertz CT molecular complexity index is 762. The van der Waals surface area contributed by atoms with Gasteiger partial charge in [-0.15, -0.1) is 0 Å². The number of rotatable bonds is 3. The summed E-state index contributed by atoms with van der Waals surface area (Å²) >= 11 is 0. The molecule has 20 heavy (non-hydrogen) atoms. The molecule has 0 saturated heterocycles. The average molecular weight is 267 g/mol. The number of phenolic OH excluding ortho intramolecular Hbond substituents is 1. The van der Waals surface area contributed by atoms with Gasteiger partial charge in [-0.25, -0.2) is 4.98 Å². The molecular weight excluding hydrogens is 250 g/mol. The van der Waals surface area contributed by atoms with Crippen molar-refractivity contribution in [3.8, 4) is 5.75 Å². The summed E-state index contributed by atoms with van der Waals surface area (Å²) in [6.45, 7) is 2.06. The minimum absolute atomic E-state index is 0.136. The summed E-state index contributed by atoms with van der Waals surface area (Å²) in [5, 5.41) is 9.41. The lowest BCUT2D eigenvalue weighted by Gasteiger charge is -2.03. The van der Waals surface area contributed by atoms with Crippen LogP contribution in [0.4, 0.5) is 5.69 Å². The van der Waals surface area contributed by atoms with Crippen molar-refractivity contribution in [3.05, 3.63) is 59.5 Å². The zero-order valence-corrected chi connectivity index (χ0v) is 11.4. The number of anilines is 1. The molecule has 4 heteroatoms. The van der Waals surface area contributed by atoms with Gasteiger partial charge in [0.05, 0.1) is 11.4 Å². The fourth-order valence-electron chi connectivity index (χ4n) is 2.29. The first-order valence-corrected chi connectivity index (χ1v) is 6.63. The predicted octanol–water partition coefficient (Wildman–Crippen LogP) is 2.72. The second-order valence-electron chi connectivity index (χ2n) is 5.09. The van der Waals surface area contributed by atoms with E-state index in [0.29, 0.717) is 5.69 Å². The molecule has 0 saturated carbocycles. The van der Waals surface area contributed by atoms with E-state index in [1.54, 1.807) is 6.07 Å². The molecule has 0 spiro atoms. The number of fused-ring (bicyclic) bond motifs is 1. The van der Waals surface area contributed by atoms with Crippen molar-refractivity contribution >= 4 is 11.3 Å². The number of nitrogens with zero attached hydrogens (tertiary/aromatic N) is 2. The first-order valence-electron chi connectivity index (χ1n) is 6.63. The third kappa shape index (κ3) is 2.45. The lowest BCUT2D eigenvalue weighted by atomic mass is 10.1. The van der Waals surface area contributed by atoms with Crippen LogP contribution < -0.4 is 5.73 Å². The quantitative estimate of drug-likeness (QED) is 0.566. The van der Waals surface area contributed by atoms with Gasteiger partial charge in [-0.2, -0.15) is 0 Å². The lowest BCUT2D eigenvalue weighted by molar-refractivity contribution is 0.478. The lowest BCUT2D eigenvalue weighted by Crippen LogP contribution is -1.93. The summed E-state index contributed by atoms with van der Waals surface area (Å²) in [6.07, 6.45) is 5.79. The summed E-state index contributed by atoms with van der Waals surface area (Å²) in [4.78, 5) is 4.61. The van der Waals surface area contributed by atoms with Gasteiger partial charge in [0, 0.05) is 12.4 Å². The number of aryl methyl sites for hydroxylation is 3. The number of phenols is 1. The molecule has 0 aliphatic rings. The SMILES string of the molecule is Cc1ccn2cc(CCc3ccc(O)c(N)c3)nc2c1. The molecular formula is C16H17N3O. The largest absolute Gasteiger partial charge is 0.506 e. The predicted molar refractivity (Wildman–Crippen MR) is 79.9 cm³/mol. The zero-order chi connectivity index (χ0) is 14.1. The van der Waals surface area contributed by atoms with Crippen molar-refractivity contribution in [2.75, 3.05) is 5.73 Å². The third-order valence-electron chi connectivity index (χ3n) is 3.43. The van der Waals surface area contributed by atoms with E-state index in [1.807, 2.05) is 22.7 Å². The summed E-state index contributed by atoms with van der Waals surface area (Å²) in [7, 11) is 0. The number of imidazole rings is 1. The van der Waals surface area contributed by atoms with E-state index in [4.69, 9.17) is 5.73 Å². The maximum absolute atomic E-state index is 9.41. The Hall–Kier alpha value is -2.49. The maximum atomic E-state index is 9.41. The van der Waals surface area contributed by atoms with Gasteiger partial charge in [0.1, 0.15) is 11.4 Å². The van der Waals surface area contributed by atoms with Crippen LogP contribution in [-0.4, -0.2) is 14.5 Å². The number of nitrogens with two attached hydrogens (primary N) is 1. The van der Waals surface area contributed by atoms with E-state index in [-0.39, 0.29) is 5.75 Å². The Balaban J connectivity index is 1.77. The van der Waals surface area contributed by atoms with Crippen molar-refractivity contribution in [2.45, 2.75) is 19.8 Å². The normalized spacial score (nSPS) is 11.1. The molecule has 0 radical (unpaired) electrons. The highest BCUT2D eigenvalue weighted by atomic mass is 16.3. The van der Waals surface area contributed by atoms with Crippen LogP contribution in [0.15, 0.2) is 42.7 Å². The molecule has 102 valence electrons. The molecule has 2 heterocycles. The van der Waals surface area contributed by atoms with E-state index in [9.17, 15) is 5.11 Å². The van der Waals surface area contributed by atoms with Gasteiger partial charge in [0.15, 0.2) is 0 Å². The van der Waals surface area contributed by atoms with E-state index in [2.05, 4.69) is 30.2 Å². The van der Waals surface area contributed by atoms with E-state index < -0.39 is 0 Å². The molecule has 0 unspecified atom stereocenters. The topological polar surface area (TPSA) is 63.5 Å². The second-order valence-corrected chi connectivity index (χ2v) is 5.09. The number of aromatic hydroxyl groups is 1. The minimum atomic E-state index is 0.136. The van der Waals surface area contributed by atoms with Crippen molar-refractivity contribution in [2.24, 2.45) is 0 Å². The Kier molecular flexibility index (Phi) is 3.06. The molecule has 4 nitrogen and oxygen atoms in total. The number of nitrogen functional groups attached to an aromatic ring is 1. The Labute approximate surface area is 117 Å². The van der Waals surface area contributed by atoms with Gasteiger partial charge >= 0.3 is 0 Å². The first kappa shape index (κ1) is 12.5. The number of hydrogen-bond donors (Lipinski definition) is 2. The highest BCUT2D eigenvalue weighted by molar-refractivity contribution is 5.53. The van der Waals surface area contributed by atoms with Crippen molar-refractivity contribution in [1.29, 1.82) is 0 Å². The van der Waals surface area contributed by atoms with Crippen LogP contribution in [0, 0.1) is 6.92 Å². The fraction of sp³-hybridized carbons (Fsp3) is 0.188. The molecule has 0 fully saturated rings. The highest BCUT2D eigenvalue weighted by Gasteiger charge is 2.04. The van der Waals surface area contributed by atoms with E-state index >= 15 is 0 Å². The summed E-state index contributed by atoms with van der Waals surface area (Å²) in [6, 6.07) is 9.49. The summed E-state index contributed by atoms with van der Waals surface area (Å²) < 4.78 is 2.04. The van der Waals surface area contributed by atoms with Crippen molar-refractivity contribution in [1.82, 2.24) is 9.38 Å². The summed E-state index contributed by atoms with van der Waals surface area (Å²) in [5.74, 6) is 0.136. The van der Waals surface area contributed by atoms with Gasteiger partial charge in [-0.3, -0.25) is 0 Å². The highest BCUT2D eigenvalue weighted by Crippen LogP contribution is 2.21. The van der Waals surface area contributed by atoms with Crippen LogP contribution in [0.3, 0.4) is 0 Å². The van der Waals surface area contributed by atoms with E-state index in [0.717, 1.165) is 29.7 Å². The van der Waals surface area contributed by atoms with Gasteiger partial charge in [0.25, 0.3) is 0 Å². The van der Waals surface area contributed by atoms with Crippen molar-refractivity contribution < 1.29 is 5.11 Å². The summed E-state index contributed by atoms with van der Waals surface area (Å²) in [5.41, 5.74) is 10.5. The molecule has 1 aromatic carbocycles. The van der Waals surface area contributed by atoms with Gasteiger partial charge < -0.3 is 15.2 Å². The molecule has 3 aromatic rings. The zero-order valence-electron chi connectivity index (χ0n) is 11.4. The van der Waals surface area contributed by atoms with E-state index in [1.165, 1.54) is 5.56 Å². The first-order chi connectivity index (χ1) is 9.61. The van der Waals surface area contributed by atoms with Gasteiger partial charge in [0.2, 0.25) is 0 Å². The average Bonchev–Trinajstić information content (AvgIpc) is 2.82. The van der Waals surface area contributed by atoms with Crippen molar-refractivity contribution in [3.63, 3.8) is 0 Å². The molecule has 2 aromatic heterocycles. The van der Waals surface area contributed by atoms with Crippen LogP contribution in [0.2, 0.25) is 0 Å². The van der Waals surface area contributed by atoms with Crippen LogP contribution >= 0.6 is 0 Å². The minimum Gasteiger partial charge on any atom is -0.506 e.